The first kappa shape index (κ1) is 22.6. The van der Waals surface area contributed by atoms with E-state index in [9.17, 15) is 18.1 Å². The number of ether oxygens (including phenoxy) is 2. The molecule has 1 atom stereocenters. The Morgan fingerprint density at radius 2 is 1.82 bits per heavy atom. The van der Waals surface area contributed by atoms with Crippen LogP contribution in [0.3, 0.4) is 0 Å². The molecule has 0 aliphatic carbocycles. The van der Waals surface area contributed by atoms with Crippen molar-refractivity contribution < 1.29 is 22.8 Å². The molecule has 0 bridgehead atoms. The summed E-state index contributed by atoms with van der Waals surface area (Å²) in [6, 6.07) is 10.5. The number of halogens is 2. The Labute approximate surface area is 195 Å². The van der Waals surface area contributed by atoms with E-state index in [1.54, 1.807) is 36.1 Å². The van der Waals surface area contributed by atoms with Gasteiger partial charge in [-0.15, -0.1) is 0 Å². The van der Waals surface area contributed by atoms with Crippen molar-refractivity contribution in [3.8, 4) is 17.4 Å². The Morgan fingerprint density at radius 1 is 1.12 bits per heavy atom. The molecule has 3 aromatic rings. The zero-order valence-electron chi connectivity index (χ0n) is 18.8. The van der Waals surface area contributed by atoms with Crippen molar-refractivity contribution in [2.75, 3.05) is 24.8 Å². The fraction of sp³-hybridized carbons (Fsp3) is 0.333. The maximum atomic E-state index is 14.6. The molecule has 0 saturated carbocycles. The number of hydrogen-bond donors (Lipinski definition) is 0. The van der Waals surface area contributed by atoms with Gasteiger partial charge in [-0.1, -0.05) is 0 Å². The normalized spacial score (nSPS) is 16.9. The van der Waals surface area contributed by atoms with E-state index in [0.29, 0.717) is 17.9 Å². The molecule has 0 spiro atoms. The SMILES string of the molecule is CP(C)(=O)c1ccc(Oc2c(F)cc(COc3cc4n(c(=O)n3)C[C@H]3CCCN43)cc2F)cc1. The van der Waals surface area contributed by atoms with E-state index in [-0.39, 0.29) is 23.8 Å². The topological polar surface area (TPSA) is 73.7 Å². The highest BCUT2D eigenvalue weighted by atomic mass is 31.2. The van der Waals surface area contributed by atoms with E-state index in [1.165, 1.54) is 12.1 Å². The molecular formula is C24H24F2N3O4P. The van der Waals surface area contributed by atoms with E-state index in [4.69, 9.17) is 9.47 Å². The summed E-state index contributed by atoms with van der Waals surface area (Å²) >= 11 is 0. The van der Waals surface area contributed by atoms with Crippen LogP contribution in [-0.2, 0) is 17.7 Å². The third-order valence-electron chi connectivity index (χ3n) is 6.15. The number of nitrogens with zero attached hydrogens (tertiary/aromatic N) is 3. The molecule has 34 heavy (non-hydrogen) atoms. The molecule has 0 radical (unpaired) electrons. The second-order valence-electron chi connectivity index (χ2n) is 8.96. The van der Waals surface area contributed by atoms with Crippen LogP contribution in [0, 0.1) is 11.6 Å². The number of fused-ring (bicyclic) bond motifs is 3. The van der Waals surface area contributed by atoms with Gasteiger partial charge in [-0.3, -0.25) is 4.57 Å². The fourth-order valence-corrected chi connectivity index (χ4v) is 5.30. The summed E-state index contributed by atoms with van der Waals surface area (Å²) in [5, 5.41) is 0.647. The number of hydrogen-bond acceptors (Lipinski definition) is 6. The monoisotopic (exact) mass is 487 g/mol. The quantitative estimate of drug-likeness (QED) is 0.487. The molecule has 0 amide bonds. The molecule has 0 unspecified atom stereocenters. The Morgan fingerprint density at radius 3 is 2.50 bits per heavy atom. The van der Waals surface area contributed by atoms with E-state index >= 15 is 0 Å². The lowest BCUT2D eigenvalue weighted by molar-refractivity contribution is 0.289. The third-order valence-corrected chi connectivity index (χ3v) is 7.70. The summed E-state index contributed by atoms with van der Waals surface area (Å²) in [5.41, 5.74) is -0.159. The minimum atomic E-state index is -2.44. The van der Waals surface area contributed by atoms with Gasteiger partial charge in [-0.2, -0.15) is 4.98 Å². The maximum absolute atomic E-state index is 14.6. The first-order valence-corrected chi connectivity index (χ1v) is 13.6. The first-order valence-electron chi connectivity index (χ1n) is 11.0. The molecule has 7 nitrogen and oxygen atoms in total. The molecule has 178 valence electrons. The molecule has 0 N–H and O–H groups in total. The summed E-state index contributed by atoms with van der Waals surface area (Å²) in [4.78, 5) is 18.5. The maximum Gasteiger partial charge on any atom is 0.352 e. The number of aromatic nitrogens is 2. The lowest BCUT2D eigenvalue weighted by atomic mass is 10.2. The second kappa shape index (κ2) is 8.55. The van der Waals surface area contributed by atoms with Crippen LogP contribution < -0.4 is 25.4 Å². The Bertz CT molecular complexity index is 1330. The predicted molar refractivity (Wildman–Crippen MR) is 125 cm³/mol. The molecule has 1 fully saturated rings. The van der Waals surface area contributed by atoms with E-state index in [1.807, 2.05) is 0 Å². The molecule has 1 aromatic heterocycles. The summed E-state index contributed by atoms with van der Waals surface area (Å²) in [5.74, 6) is -1.20. The largest absolute Gasteiger partial charge is 0.473 e. The highest BCUT2D eigenvalue weighted by Gasteiger charge is 2.34. The Hall–Kier alpha value is -3.19. The van der Waals surface area contributed by atoms with Gasteiger partial charge >= 0.3 is 5.69 Å². The molecular weight excluding hydrogens is 463 g/mol. The minimum absolute atomic E-state index is 0.120. The first-order chi connectivity index (χ1) is 16.2. The number of benzene rings is 2. The van der Waals surface area contributed by atoms with Gasteiger partial charge in [0.25, 0.3) is 0 Å². The van der Waals surface area contributed by atoms with Gasteiger partial charge in [0.2, 0.25) is 5.88 Å². The van der Waals surface area contributed by atoms with Gasteiger partial charge < -0.3 is 18.9 Å². The average Bonchev–Trinajstić information content (AvgIpc) is 3.37. The van der Waals surface area contributed by atoms with Crippen LogP contribution in [0.4, 0.5) is 14.6 Å². The summed E-state index contributed by atoms with van der Waals surface area (Å²) in [7, 11) is -2.44. The van der Waals surface area contributed by atoms with Crippen LogP contribution in [0.25, 0.3) is 0 Å². The van der Waals surface area contributed by atoms with Crippen molar-refractivity contribution in [3.63, 3.8) is 0 Å². The van der Waals surface area contributed by atoms with Crippen molar-refractivity contribution in [3.05, 3.63) is 70.1 Å². The van der Waals surface area contributed by atoms with E-state index in [2.05, 4.69) is 9.88 Å². The van der Waals surface area contributed by atoms with Crippen LogP contribution in [0.1, 0.15) is 18.4 Å². The van der Waals surface area contributed by atoms with E-state index in [0.717, 1.165) is 37.3 Å². The van der Waals surface area contributed by atoms with Crippen molar-refractivity contribution in [1.82, 2.24) is 9.55 Å². The highest BCUT2D eigenvalue weighted by molar-refractivity contribution is 7.70. The third kappa shape index (κ3) is 4.32. The molecule has 2 aromatic carbocycles. The summed E-state index contributed by atoms with van der Waals surface area (Å²) < 4.78 is 54.0. The van der Waals surface area contributed by atoms with Crippen LogP contribution >= 0.6 is 7.14 Å². The van der Waals surface area contributed by atoms with Crippen molar-refractivity contribution in [2.45, 2.75) is 32.0 Å². The van der Waals surface area contributed by atoms with Gasteiger partial charge in [0.05, 0.1) is 0 Å². The average molecular weight is 487 g/mol. The lowest BCUT2D eigenvalue weighted by Gasteiger charge is -2.17. The van der Waals surface area contributed by atoms with Crippen molar-refractivity contribution >= 4 is 18.3 Å². The zero-order chi connectivity index (χ0) is 24.0. The Kier molecular flexibility index (Phi) is 5.68. The molecule has 1 saturated heterocycles. The van der Waals surface area contributed by atoms with Gasteiger partial charge in [0.15, 0.2) is 17.4 Å². The predicted octanol–water partition coefficient (Wildman–Crippen LogP) is 4.12. The van der Waals surface area contributed by atoms with Crippen LogP contribution in [0.5, 0.6) is 17.4 Å². The van der Waals surface area contributed by atoms with Gasteiger partial charge in [0, 0.05) is 30.5 Å². The summed E-state index contributed by atoms with van der Waals surface area (Å²) in [6.07, 6.45) is 2.11. The summed E-state index contributed by atoms with van der Waals surface area (Å²) in [6.45, 7) is 4.62. The standard InChI is InChI=1S/C24H24F2N3O4P/c1-34(2,31)18-7-5-17(6-8-18)33-23-19(25)10-15(11-20(23)26)14-32-21-12-22-28-9-3-4-16(28)13-29(22)24(30)27-21/h5-8,10-12,16H,3-4,9,13-14H2,1-2H3/t16-/m1/s1. The van der Waals surface area contributed by atoms with Gasteiger partial charge in [-0.25, -0.2) is 13.6 Å². The van der Waals surface area contributed by atoms with Gasteiger partial charge in [0.1, 0.15) is 25.3 Å². The van der Waals surface area contributed by atoms with E-state index < -0.39 is 30.2 Å². The molecule has 2 aliphatic rings. The van der Waals surface area contributed by atoms with Gasteiger partial charge in [-0.05, 0) is 68.1 Å². The fourth-order valence-electron chi connectivity index (χ4n) is 4.44. The van der Waals surface area contributed by atoms with Crippen LogP contribution in [0.15, 0.2) is 47.3 Å². The molecule has 3 heterocycles. The minimum Gasteiger partial charge on any atom is -0.473 e. The zero-order valence-corrected chi connectivity index (χ0v) is 19.7. The molecule has 10 heteroatoms. The smallest absolute Gasteiger partial charge is 0.352 e. The lowest BCUT2D eigenvalue weighted by Crippen LogP contribution is -2.24. The molecule has 5 rings (SSSR count). The van der Waals surface area contributed by atoms with Crippen molar-refractivity contribution in [1.29, 1.82) is 0 Å². The Balaban J connectivity index is 1.30. The number of anilines is 1. The van der Waals surface area contributed by atoms with Crippen LogP contribution in [-0.4, -0.2) is 35.5 Å². The molecule has 2 aliphatic heterocycles. The van der Waals surface area contributed by atoms with Crippen molar-refractivity contribution in [2.24, 2.45) is 0 Å². The number of rotatable bonds is 6. The van der Waals surface area contributed by atoms with Crippen LogP contribution in [0.2, 0.25) is 0 Å². The highest BCUT2D eigenvalue weighted by Crippen LogP contribution is 2.36. The second-order valence-corrected chi connectivity index (χ2v) is 12.2.